The van der Waals surface area contributed by atoms with E-state index in [0.717, 1.165) is 47.1 Å². The Hall–Kier alpha value is -1.54. The molecule has 0 saturated carbocycles. The minimum atomic E-state index is -0.386. The molecule has 1 aliphatic rings. The van der Waals surface area contributed by atoms with Crippen molar-refractivity contribution in [2.24, 2.45) is 0 Å². The summed E-state index contributed by atoms with van der Waals surface area (Å²) in [5.41, 5.74) is 2.12. The zero-order valence-electron chi connectivity index (χ0n) is 16.2. The maximum Gasteiger partial charge on any atom is 0.341 e. The van der Waals surface area contributed by atoms with Crippen LogP contribution in [0, 0.1) is 0 Å². The molecule has 2 heterocycles. The van der Waals surface area contributed by atoms with Crippen LogP contribution < -0.4 is 5.32 Å². The van der Waals surface area contributed by atoms with Crippen molar-refractivity contribution in [3.8, 4) is 0 Å². The van der Waals surface area contributed by atoms with Crippen molar-refractivity contribution in [1.29, 1.82) is 0 Å². The molecule has 1 aromatic heterocycles. The lowest BCUT2D eigenvalue weighted by molar-refractivity contribution is 0.0600. The van der Waals surface area contributed by atoms with Crippen molar-refractivity contribution in [3.05, 3.63) is 45.8 Å². The lowest BCUT2D eigenvalue weighted by atomic mass is 10.0. The summed E-state index contributed by atoms with van der Waals surface area (Å²) in [6.45, 7) is 6.89. The second-order valence-electron chi connectivity index (χ2n) is 6.23. The Morgan fingerprint density at radius 1 is 1.32 bits per heavy atom. The molecule has 1 amide bonds. The average Bonchev–Trinajstić information content (AvgIpc) is 3.04. The highest BCUT2D eigenvalue weighted by molar-refractivity contribution is 7.99. The number of methoxy groups -OCH3 is 1. The van der Waals surface area contributed by atoms with Gasteiger partial charge in [0, 0.05) is 28.4 Å². The van der Waals surface area contributed by atoms with Crippen LogP contribution in [0.3, 0.4) is 0 Å². The largest absolute Gasteiger partial charge is 0.465 e. The molecule has 0 atom stereocenters. The number of halogens is 1. The summed E-state index contributed by atoms with van der Waals surface area (Å²) in [7, 11) is 1.38. The fourth-order valence-electron chi connectivity index (χ4n) is 3.20. The predicted octanol–water partition coefficient (Wildman–Crippen LogP) is 4.70. The lowest BCUT2D eigenvalue weighted by Gasteiger charge is -2.25. The fourth-order valence-corrected chi connectivity index (χ4v) is 5.19. The molecule has 0 fully saturated rings. The Kier molecular flexibility index (Phi) is 8.37. The minimum Gasteiger partial charge on any atom is -0.465 e. The van der Waals surface area contributed by atoms with Gasteiger partial charge in [-0.3, -0.25) is 9.69 Å². The Labute approximate surface area is 180 Å². The van der Waals surface area contributed by atoms with E-state index in [1.165, 1.54) is 18.4 Å². The van der Waals surface area contributed by atoms with Crippen LogP contribution in [0.15, 0.2) is 29.2 Å². The van der Waals surface area contributed by atoms with Crippen molar-refractivity contribution in [2.45, 2.75) is 31.7 Å². The van der Waals surface area contributed by atoms with Crippen LogP contribution in [0.1, 0.15) is 45.0 Å². The van der Waals surface area contributed by atoms with Gasteiger partial charge in [0.2, 0.25) is 0 Å². The maximum absolute atomic E-state index is 12.8. The number of fused-ring (bicyclic) bond motifs is 1. The maximum atomic E-state index is 12.8. The normalized spacial score (nSPS) is 13.4. The molecule has 0 saturated heterocycles. The summed E-state index contributed by atoms with van der Waals surface area (Å²) in [6, 6.07) is 7.55. The number of nitrogens with zero attached hydrogens (tertiary/aromatic N) is 1. The second-order valence-corrected chi connectivity index (χ2v) is 8.68. The molecule has 28 heavy (non-hydrogen) atoms. The standard InChI is InChI=1S/C20H24N2O3S2.ClH/c1-4-22-10-9-15-16(12-22)27-19(17(15)20(24)25-3)21-18(23)13-7-6-8-14(11-13)26-5-2;/h6-8,11H,4-5,9-10,12H2,1-3H3,(H,21,23);1H. The smallest absolute Gasteiger partial charge is 0.341 e. The molecule has 1 aromatic carbocycles. The quantitative estimate of drug-likeness (QED) is 0.521. The van der Waals surface area contributed by atoms with E-state index in [4.69, 9.17) is 4.74 Å². The highest BCUT2D eigenvalue weighted by atomic mass is 35.5. The molecule has 1 N–H and O–H groups in total. The minimum absolute atomic E-state index is 0. The van der Waals surface area contributed by atoms with Crippen molar-refractivity contribution >= 4 is 52.4 Å². The Balaban J connectivity index is 0.00000280. The molecular weight excluding hydrogens is 416 g/mol. The fraction of sp³-hybridized carbons (Fsp3) is 0.400. The molecule has 1 aliphatic heterocycles. The predicted molar refractivity (Wildman–Crippen MR) is 118 cm³/mol. The van der Waals surface area contributed by atoms with Crippen LogP contribution in [0.4, 0.5) is 5.00 Å². The monoisotopic (exact) mass is 440 g/mol. The first-order valence-electron chi connectivity index (χ1n) is 9.06. The van der Waals surface area contributed by atoms with Gasteiger partial charge in [0.25, 0.3) is 5.91 Å². The van der Waals surface area contributed by atoms with Crippen LogP contribution >= 0.6 is 35.5 Å². The number of esters is 1. The molecule has 5 nitrogen and oxygen atoms in total. The number of likely N-dealkylation sites (N-methyl/N-ethyl adjacent to an activating group) is 1. The molecule has 0 unspecified atom stereocenters. The molecule has 152 valence electrons. The number of hydrogen-bond donors (Lipinski definition) is 1. The van der Waals surface area contributed by atoms with Gasteiger partial charge in [0.15, 0.2) is 0 Å². The van der Waals surface area contributed by atoms with Gasteiger partial charge in [-0.15, -0.1) is 35.5 Å². The van der Waals surface area contributed by atoms with Gasteiger partial charge in [-0.1, -0.05) is 19.9 Å². The number of amides is 1. The van der Waals surface area contributed by atoms with E-state index in [0.29, 0.717) is 16.1 Å². The van der Waals surface area contributed by atoms with E-state index in [1.807, 2.05) is 18.2 Å². The SMILES string of the molecule is CCSc1cccc(C(=O)Nc2sc3c(c2C(=O)OC)CCN(CC)C3)c1.Cl. The van der Waals surface area contributed by atoms with E-state index in [1.54, 1.807) is 17.8 Å². The Bertz CT molecular complexity index is 854. The number of thioether (sulfide) groups is 1. The third-order valence-electron chi connectivity index (χ3n) is 4.61. The number of thiophene rings is 1. The summed E-state index contributed by atoms with van der Waals surface area (Å²) in [6.07, 6.45) is 0.794. The topological polar surface area (TPSA) is 58.6 Å². The third kappa shape index (κ3) is 4.89. The van der Waals surface area contributed by atoms with E-state index in [9.17, 15) is 9.59 Å². The molecule has 0 spiro atoms. The summed E-state index contributed by atoms with van der Waals surface area (Å²) in [4.78, 5) is 29.7. The van der Waals surface area contributed by atoms with E-state index >= 15 is 0 Å². The van der Waals surface area contributed by atoms with Gasteiger partial charge in [0.1, 0.15) is 5.00 Å². The number of benzene rings is 1. The van der Waals surface area contributed by atoms with Crippen LogP contribution in [-0.4, -0.2) is 42.7 Å². The van der Waals surface area contributed by atoms with E-state index in [-0.39, 0.29) is 24.3 Å². The van der Waals surface area contributed by atoms with Gasteiger partial charge in [0.05, 0.1) is 12.7 Å². The summed E-state index contributed by atoms with van der Waals surface area (Å²) < 4.78 is 4.99. The number of nitrogens with one attached hydrogen (secondary N) is 1. The third-order valence-corrected chi connectivity index (χ3v) is 6.62. The molecule has 0 radical (unpaired) electrons. The highest BCUT2D eigenvalue weighted by Gasteiger charge is 2.29. The molecule has 0 bridgehead atoms. The van der Waals surface area contributed by atoms with Crippen molar-refractivity contribution in [2.75, 3.05) is 31.3 Å². The lowest BCUT2D eigenvalue weighted by Crippen LogP contribution is -2.29. The van der Waals surface area contributed by atoms with Gasteiger partial charge < -0.3 is 10.1 Å². The van der Waals surface area contributed by atoms with Gasteiger partial charge >= 0.3 is 5.97 Å². The average molecular weight is 441 g/mol. The number of carbonyl (C=O) groups excluding carboxylic acids is 2. The van der Waals surface area contributed by atoms with Crippen molar-refractivity contribution < 1.29 is 14.3 Å². The molecule has 2 aromatic rings. The van der Waals surface area contributed by atoms with Crippen LogP contribution in [0.5, 0.6) is 0 Å². The Morgan fingerprint density at radius 2 is 2.11 bits per heavy atom. The summed E-state index contributed by atoms with van der Waals surface area (Å²) in [5.74, 6) is 0.357. The number of ether oxygens (including phenoxy) is 1. The second kappa shape index (κ2) is 10.3. The van der Waals surface area contributed by atoms with Gasteiger partial charge in [-0.05, 0) is 42.5 Å². The summed E-state index contributed by atoms with van der Waals surface area (Å²) >= 11 is 3.18. The van der Waals surface area contributed by atoms with Crippen LogP contribution in [0.25, 0.3) is 0 Å². The first kappa shape index (κ1) is 22.7. The first-order valence-corrected chi connectivity index (χ1v) is 10.9. The van der Waals surface area contributed by atoms with E-state index in [2.05, 4.69) is 24.1 Å². The number of rotatable bonds is 6. The molecule has 3 rings (SSSR count). The molecule has 8 heteroatoms. The number of hydrogen-bond acceptors (Lipinski definition) is 6. The van der Waals surface area contributed by atoms with Crippen molar-refractivity contribution in [1.82, 2.24) is 4.90 Å². The highest BCUT2D eigenvalue weighted by Crippen LogP contribution is 2.37. The van der Waals surface area contributed by atoms with Crippen LogP contribution in [-0.2, 0) is 17.7 Å². The number of carbonyl (C=O) groups is 2. The van der Waals surface area contributed by atoms with Crippen molar-refractivity contribution in [3.63, 3.8) is 0 Å². The number of anilines is 1. The zero-order chi connectivity index (χ0) is 19.4. The zero-order valence-corrected chi connectivity index (χ0v) is 18.7. The Morgan fingerprint density at radius 3 is 2.79 bits per heavy atom. The first-order chi connectivity index (χ1) is 13.1. The van der Waals surface area contributed by atoms with Gasteiger partial charge in [-0.2, -0.15) is 0 Å². The van der Waals surface area contributed by atoms with E-state index < -0.39 is 0 Å². The van der Waals surface area contributed by atoms with Crippen LogP contribution in [0.2, 0.25) is 0 Å². The summed E-state index contributed by atoms with van der Waals surface area (Å²) in [5, 5.41) is 3.54. The molecule has 0 aliphatic carbocycles. The molecular formula is C20H25ClN2O3S2. The van der Waals surface area contributed by atoms with Gasteiger partial charge in [-0.25, -0.2) is 4.79 Å².